The van der Waals surface area contributed by atoms with Crippen molar-refractivity contribution in [1.82, 2.24) is 5.32 Å². The van der Waals surface area contributed by atoms with E-state index in [1.807, 2.05) is 36.4 Å². The highest BCUT2D eigenvalue weighted by Gasteiger charge is 2.49. The molecule has 1 aliphatic heterocycles. The second-order valence-electron chi connectivity index (χ2n) is 7.86. The van der Waals surface area contributed by atoms with E-state index >= 15 is 0 Å². The Morgan fingerprint density at radius 1 is 0.897 bits per heavy atom. The topological polar surface area (TPSA) is 41.5 Å². The third kappa shape index (κ3) is 3.68. The van der Waals surface area contributed by atoms with E-state index in [-0.39, 0.29) is 18.0 Å². The number of hydrogen-bond acceptors (Lipinski definition) is 3. The van der Waals surface area contributed by atoms with Crippen molar-refractivity contribution < 1.29 is 9.84 Å². The summed E-state index contributed by atoms with van der Waals surface area (Å²) in [6.07, 6.45) is 1.45. The van der Waals surface area contributed by atoms with Crippen LogP contribution in [0.2, 0.25) is 0 Å². The third-order valence-corrected chi connectivity index (χ3v) is 6.29. The van der Waals surface area contributed by atoms with Gasteiger partial charge in [0.15, 0.2) is 0 Å². The monoisotopic (exact) mass is 387 g/mol. The van der Waals surface area contributed by atoms with E-state index in [1.165, 1.54) is 11.1 Å². The van der Waals surface area contributed by atoms with Crippen LogP contribution in [0.4, 0.5) is 0 Å². The Morgan fingerprint density at radius 3 is 2.10 bits per heavy atom. The Kier molecular flexibility index (Phi) is 5.70. The molecule has 0 aromatic heterocycles. The lowest BCUT2D eigenvalue weighted by molar-refractivity contribution is -0.0842. The molecule has 150 valence electrons. The number of para-hydroxylation sites is 1. The molecule has 1 saturated heterocycles. The molecule has 4 rings (SSSR count). The Labute approximate surface area is 173 Å². The molecule has 0 radical (unpaired) electrons. The second-order valence-corrected chi connectivity index (χ2v) is 7.86. The highest BCUT2D eigenvalue weighted by Crippen LogP contribution is 2.51. The lowest BCUT2D eigenvalue weighted by Crippen LogP contribution is -2.51. The summed E-state index contributed by atoms with van der Waals surface area (Å²) in [6.45, 7) is 2.16. The minimum atomic E-state index is -1.01. The largest absolute Gasteiger partial charge is 0.496 e. The number of methoxy groups -OCH3 is 1. The number of nitrogens with one attached hydrogen (secondary N) is 1. The quantitative estimate of drug-likeness (QED) is 0.617. The maximum Gasteiger partial charge on any atom is 0.124 e. The van der Waals surface area contributed by atoms with Gasteiger partial charge in [-0.2, -0.15) is 0 Å². The van der Waals surface area contributed by atoms with Crippen LogP contribution in [0.15, 0.2) is 84.9 Å². The first-order valence-electron chi connectivity index (χ1n) is 10.4. The molecule has 1 heterocycles. The molecule has 4 atom stereocenters. The van der Waals surface area contributed by atoms with Gasteiger partial charge in [-0.25, -0.2) is 0 Å². The van der Waals surface area contributed by atoms with Gasteiger partial charge < -0.3 is 15.2 Å². The van der Waals surface area contributed by atoms with E-state index in [1.54, 1.807) is 7.11 Å². The molecule has 3 aromatic rings. The minimum Gasteiger partial charge on any atom is -0.496 e. The van der Waals surface area contributed by atoms with Crippen LogP contribution >= 0.6 is 0 Å². The van der Waals surface area contributed by atoms with E-state index in [9.17, 15) is 5.11 Å². The van der Waals surface area contributed by atoms with Gasteiger partial charge in [-0.1, -0.05) is 85.8 Å². The van der Waals surface area contributed by atoms with Gasteiger partial charge in [0, 0.05) is 30.0 Å². The Bertz CT molecular complexity index is 928. The summed E-state index contributed by atoms with van der Waals surface area (Å²) in [5, 5.41) is 16.1. The van der Waals surface area contributed by atoms with Crippen LogP contribution in [-0.2, 0) is 5.60 Å². The van der Waals surface area contributed by atoms with Crippen molar-refractivity contribution in [3.05, 3.63) is 102 Å². The molecule has 1 aliphatic rings. The smallest absolute Gasteiger partial charge is 0.124 e. The molecule has 3 nitrogen and oxygen atoms in total. The molecule has 2 N–H and O–H groups in total. The average Bonchev–Trinajstić information content (AvgIpc) is 2.79. The first-order chi connectivity index (χ1) is 14.2. The van der Waals surface area contributed by atoms with Crippen molar-refractivity contribution in [2.45, 2.75) is 37.5 Å². The fraction of sp³-hybridized carbons (Fsp3) is 0.308. The summed E-state index contributed by atoms with van der Waals surface area (Å²) in [7, 11) is 1.67. The number of piperidine rings is 1. The highest BCUT2D eigenvalue weighted by atomic mass is 16.5. The molecule has 0 spiro atoms. The average molecular weight is 388 g/mol. The maximum atomic E-state index is 12.3. The molecule has 0 bridgehead atoms. The molecule has 0 amide bonds. The zero-order valence-electron chi connectivity index (χ0n) is 17.1. The van der Waals surface area contributed by atoms with Crippen molar-refractivity contribution in [3.63, 3.8) is 0 Å². The SMILES string of the molecule is CCC1C(c2ccccc2)NC(c2ccccc2)CC1(O)c1ccccc1OC. The summed E-state index contributed by atoms with van der Waals surface area (Å²) in [5.74, 6) is 0.759. The predicted octanol–water partition coefficient (Wildman–Crippen LogP) is 5.38. The molecule has 0 saturated carbocycles. The number of ether oxygens (including phenoxy) is 1. The first-order valence-corrected chi connectivity index (χ1v) is 10.4. The molecular weight excluding hydrogens is 358 g/mol. The summed E-state index contributed by atoms with van der Waals surface area (Å²) in [4.78, 5) is 0. The van der Waals surface area contributed by atoms with Gasteiger partial charge in [-0.15, -0.1) is 0 Å². The van der Waals surface area contributed by atoms with Gasteiger partial charge in [-0.05, 0) is 23.6 Å². The zero-order chi connectivity index (χ0) is 20.3. The first kappa shape index (κ1) is 19.7. The predicted molar refractivity (Wildman–Crippen MR) is 117 cm³/mol. The van der Waals surface area contributed by atoms with Crippen LogP contribution in [-0.4, -0.2) is 12.2 Å². The number of benzene rings is 3. The van der Waals surface area contributed by atoms with E-state index in [4.69, 9.17) is 4.74 Å². The van der Waals surface area contributed by atoms with Gasteiger partial charge in [-0.3, -0.25) is 0 Å². The van der Waals surface area contributed by atoms with Crippen LogP contribution in [0.3, 0.4) is 0 Å². The van der Waals surface area contributed by atoms with Crippen LogP contribution in [0.5, 0.6) is 5.75 Å². The number of aliphatic hydroxyl groups is 1. The highest BCUT2D eigenvalue weighted by molar-refractivity contribution is 5.41. The van der Waals surface area contributed by atoms with E-state index < -0.39 is 5.60 Å². The van der Waals surface area contributed by atoms with E-state index in [0.29, 0.717) is 6.42 Å². The van der Waals surface area contributed by atoms with Crippen molar-refractivity contribution in [3.8, 4) is 5.75 Å². The summed E-state index contributed by atoms with van der Waals surface area (Å²) < 4.78 is 5.66. The summed E-state index contributed by atoms with van der Waals surface area (Å²) in [5.41, 5.74) is 2.26. The molecule has 4 unspecified atom stereocenters. The zero-order valence-corrected chi connectivity index (χ0v) is 17.1. The Balaban J connectivity index is 1.85. The van der Waals surface area contributed by atoms with Crippen molar-refractivity contribution >= 4 is 0 Å². The Hall–Kier alpha value is -2.62. The second kappa shape index (κ2) is 8.40. The molecule has 3 aromatic carbocycles. The summed E-state index contributed by atoms with van der Waals surface area (Å²) in [6, 6.07) is 28.9. The number of hydrogen-bond donors (Lipinski definition) is 2. The lowest BCUT2D eigenvalue weighted by atomic mass is 9.67. The van der Waals surface area contributed by atoms with E-state index in [0.717, 1.165) is 17.7 Å². The normalized spacial score (nSPS) is 26.8. The van der Waals surface area contributed by atoms with Gasteiger partial charge in [0.1, 0.15) is 5.75 Å². The fourth-order valence-electron chi connectivity index (χ4n) is 4.90. The van der Waals surface area contributed by atoms with Gasteiger partial charge in [0.25, 0.3) is 0 Å². The molecule has 0 aliphatic carbocycles. The van der Waals surface area contributed by atoms with Crippen molar-refractivity contribution in [2.24, 2.45) is 5.92 Å². The fourth-order valence-corrected chi connectivity index (χ4v) is 4.90. The third-order valence-electron chi connectivity index (χ3n) is 6.29. The van der Waals surface area contributed by atoms with Crippen LogP contribution in [0.25, 0.3) is 0 Å². The molecule has 3 heteroatoms. The van der Waals surface area contributed by atoms with Crippen molar-refractivity contribution in [1.29, 1.82) is 0 Å². The Morgan fingerprint density at radius 2 is 1.48 bits per heavy atom. The summed E-state index contributed by atoms with van der Waals surface area (Å²) >= 11 is 0. The lowest BCUT2D eigenvalue weighted by Gasteiger charge is -2.49. The van der Waals surface area contributed by atoms with E-state index in [2.05, 4.69) is 60.8 Å². The van der Waals surface area contributed by atoms with Gasteiger partial charge >= 0.3 is 0 Å². The maximum absolute atomic E-state index is 12.3. The van der Waals surface area contributed by atoms with Gasteiger partial charge in [0.05, 0.1) is 12.7 Å². The molecule has 29 heavy (non-hydrogen) atoms. The number of rotatable bonds is 5. The standard InChI is InChI=1S/C26H29NO2/c1-3-21-25(20-14-8-5-9-15-20)27-23(19-12-6-4-7-13-19)18-26(21,28)22-16-10-11-17-24(22)29-2/h4-17,21,23,25,27-28H,3,18H2,1-2H3. The van der Waals surface area contributed by atoms with Crippen LogP contribution in [0.1, 0.15) is 48.5 Å². The molecule has 1 fully saturated rings. The minimum absolute atomic E-state index is 0.0150. The molecular formula is C26H29NO2. The van der Waals surface area contributed by atoms with Gasteiger partial charge in [0.2, 0.25) is 0 Å². The van der Waals surface area contributed by atoms with Crippen molar-refractivity contribution in [2.75, 3.05) is 7.11 Å². The van der Waals surface area contributed by atoms with Crippen LogP contribution < -0.4 is 10.1 Å². The van der Waals surface area contributed by atoms with Crippen LogP contribution in [0, 0.1) is 5.92 Å².